The van der Waals surface area contributed by atoms with Gasteiger partial charge >= 0.3 is 0 Å². The van der Waals surface area contributed by atoms with E-state index in [2.05, 4.69) is 4.98 Å². The average molecular weight is 378 g/mol. The van der Waals surface area contributed by atoms with Crippen LogP contribution in [0.4, 0.5) is 4.39 Å². The van der Waals surface area contributed by atoms with Crippen molar-refractivity contribution in [3.8, 4) is 11.6 Å². The van der Waals surface area contributed by atoms with E-state index in [1.807, 2.05) is 30.3 Å². The number of amides is 1. The summed E-state index contributed by atoms with van der Waals surface area (Å²) in [5.74, 6) is 0.435. The number of halogens is 1. The van der Waals surface area contributed by atoms with E-state index in [1.54, 1.807) is 30.3 Å². The van der Waals surface area contributed by atoms with E-state index in [0.717, 1.165) is 5.56 Å². The summed E-state index contributed by atoms with van der Waals surface area (Å²) in [6.45, 7) is 0.675. The summed E-state index contributed by atoms with van der Waals surface area (Å²) in [5, 5.41) is 0. The first-order chi connectivity index (χ1) is 13.7. The van der Waals surface area contributed by atoms with Crippen LogP contribution < -0.4 is 9.47 Å². The zero-order chi connectivity index (χ0) is 19.3. The highest BCUT2D eigenvalue weighted by atomic mass is 19.1. The summed E-state index contributed by atoms with van der Waals surface area (Å²) in [5.41, 5.74) is 2.08. The summed E-state index contributed by atoms with van der Waals surface area (Å²) in [6.07, 6.45) is 0. The molecular formula is C22H19FN2O3. The largest absolute Gasteiger partial charge is 0.482 e. The van der Waals surface area contributed by atoms with Gasteiger partial charge in [0.05, 0.1) is 6.54 Å². The third-order valence-electron chi connectivity index (χ3n) is 4.50. The number of hydrogen-bond acceptors (Lipinski definition) is 4. The van der Waals surface area contributed by atoms with Gasteiger partial charge in [0.15, 0.2) is 6.61 Å². The number of rotatable bonds is 5. The van der Waals surface area contributed by atoms with Crippen molar-refractivity contribution in [3.05, 3.63) is 89.4 Å². The van der Waals surface area contributed by atoms with E-state index >= 15 is 0 Å². The quantitative estimate of drug-likeness (QED) is 0.679. The van der Waals surface area contributed by atoms with E-state index in [4.69, 9.17) is 9.47 Å². The van der Waals surface area contributed by atoms with Crippen molar-refractivity contribution >= 4 is 5.91 Å². The molecule has 142 valence electrons. The summed E-state index contributed by atoms with van der Waals surface area (Å²) < 4.78 is 25.3. The lowest BCUT2D eigenvalue weighted by molar-refractivity contribution is -0.133. The second-order valence-electron chi connectivity index (χ2n) is 6.50. The molecule has 1 amide bonds. The lowest BCUT2D eigenvalue weighted by Crippen LogP contribution is -2.32. The molecule has 4 rings (SSSR count). The molecule has 0 N–H and O–H groups in total. The molecule has 0 unspecified atom stereocenters. The van der Waals surface area contributed by atoms with Gasteiger partial charge in [-0.25, -0.2) is 9.37 Å². The van der Waals surface area contributed by atoms with Crippen LogP contribution >= 0.6 is 0 Å². The number of carbonyl (C=O) groups is 1. The predicted octanol–water partition coefficient (Wildman–Crippen LogP) is 3.72. The topological polar surface area (TPSA) is 51.7 Å². The predicted molar refractivity (Wildman–Crippen MR) is 101 cm³/mol. The molecular weight excluding hydrogens is 359 g/mol. The minimum absolute atomic E-state index is 0.104. The van der Waals surface area contributed by atoms with Crippen molar-refractivity contribution in [1.29, 1.82) is 0 Å². The normalized spacial score (nSPS) is 13.5. The highest BCUT2D eigenvalue weighted by Crippen LogP contribution is 2.26. The SMILES string of the molecule is O=C1COc2ccc(OCc3ccccc3)nc2CN1Cc1ccccc1F. The molecule has 0 spiro atoms. The van der Waals surface area contributed by atoms with Gasteiger partial charge in [-0.3, -0.25) is 4.79 Å². The molecule has 0 fully saturated rings. The summed E-state index contributed by atoms with van der Waals surface area (Å²) in [4.78, 5) is 18.5. The molecule has 2 aromatic carbocycles. The first-order valence-electron chi connectivity index (χ1n) is 8.99. The molecule has 6 heteroatoms. The number of ether oxygens (including phenoxy) is 2. The Morgan fingerprint density at radius 1 is 1.04 bits per heavy atom. The second-order valence-corrected chi connectivity index (χ2v) is 6.50. The summed E-state index contributed by atoms with van der Waals surface area (Å²) in [7, 11) is 0. The van der Waals surface area contributed by atoms with E-state index in [1.165, 1.54) is 11.0 Å². The van der Waals surface area contributed by atoms with Gasteiger partial charge in [0.25, 0.3) is 5.91 Å². The third-order valence-corrected chi connectivity index (χ3v) is 4.50. The van der Waals surface area contributed by atoms with E-state index in [-0.39, 0.29) is 31.4 Å². The highest BCUT2D eigenvalue weighted by molar-refractivity contribution is 5.78. The highest BCUT2D eigenvalue weighted by Gasteiger charge is 2.24. The fourth-order valence-electron chi connectivity index (χ4n) is 3.00. The second kappa shape index (κ2) is 8.08. The molecule has 3 aromatic rings. The number of nitrogens with zero attached hydrogens (tertiary/aromatic N) is 2. The van der Waals surface area contributed by atoms with Gasteiger partial charge in [-0.15, -0.1) is 0 Å². The number of fused-ring (bicyclic) bond motifs is 1. The first kappa shape index (κ1) is 18.0. The zero-order valence-electron chi connectivity index (χ0n) is 15.2. The number of carbonyl (C=O) groups excluding carboxylic acids is 1. The van der Waals surface area contributed by atoms with Crippen LogP contribution in [-0.2, 0) is 24.5 Å². The zero-order valence-corrected chi connectivity index (χ0v) is 15.2. The van der Waals surface area contributed by atoms with Crippen LogP contribution in [0.15, 0.2) is 66.7 Å². The molecule has 2 heterocycles. The van der Waals surface area contributed by atoms with Gasteiger partial charge < -0.3 is 14.4 Å². The molecule has 0 aliphatic carbocycles. The maximum absolute atomic E-state index is 14.0. The number of pyridine rings is 1. The fourth-order valence-corrected chi connectivity index (χ4v) is 3.00. The van der Waals surface area contributed by atoms with E-state index in [9.17, 15) is 9.18 Å². The van der Waals surface area contributed by atoms with Crippen molar-refractivity contribution in [2.75, 3.05) is 6.61 Å². The number of aromatic nitrogens is 1. The smallest absolute Gasteiger partial charge is 0.261 e. The standard InChI is InChI=1S/C22H19FN2O3/c23-18-9-5-4-8-17(18)12-25-13-19-20(27-15-22(25)26)10-11-21(24-19)28-14-16-6-2-1-3-7-16/h1-11H,12-15H2. The van der Waals surface area contributed by atoms with E-state index < -0.39 is 0 Å². The maximum Gasteiger partial charge on any atom is 0.261 e. The molecule has 0 saturated carbocycles. The Morgan fingerprint density at radius 3 is 2.64 bits per heavy atom. The number of benzene rings is 2. The Morgan fingerprint density at radius 2 is 1.82 bits per heavy atom. The Hall–Kier alpha value is -3.41. The Kier molecular flexibility index (Phi) is 5.19. The van der Waals surface area contributed by atoms with Crippen LogP contribution in [0.5, 0.6) is 11.6 Å². The molecule has 5 nitrogen and oxygen atoms in total. The molecule has 28 heavy (non-hydrogen) atoms. The van der Waals surface area contributed by atoms with Gasteiger partial charge in [0, 0.05) is 18.2 Å². The first-order valence-corrected chi connectivity index (χ1v) is 8.99. The molecule has 1 aliphatic heterocycles. The fraction of sp³-hybridized carbons (Fsp3) is 0.182. The molecule has 1 aliphatic rings. The van der Waals surface area contributed by atoms with Gasteiger partial charge in [-0.05, 0) is 17.7 Å². The summed E-state index contributed by atoms with van der Waals surface area (Å²) in [6, 6.07) is 19.7. The third kappa shape index (κ3) is 4.11. The van der Waals surface area contributed by atoms with Gasteiger partial charge in [0.1, 0.15) is 23.9 Å². The lowest BCUT2D eigenvalue weighted by atomic mass is 10.2. The average Bonchev–Trinajstić information content (AvgIpc) is 2.87. The molecule has 0 bridgehead atoms. The number of hydrogen-bond donors (Lipinski definition) is 0. The minimum atomic E-state index is -0.339. The van der Waals surface area contributed by atoms with Crippen LogP contribution in [0.25, 0.3) is 0 Å². The maximum atomic E-state index is 14.0. The lowest BCUT2D eigenvalue weighted by Gasteiger charge is -2.20. The van der Waals surface area contributed by atoms with Crippen molar-refractivity contribution in [1.82, 2.24) is 9.88 Å². The van der Waals surface area contributed by atoms with Crippen LogP contribution in [-0.4, -0.2) is 22.4 Å². The van der Waals surface area contributed by atoms with Crippen molar-refractivity contribution < 1.29 is 18.7 Å². The van der Waals surface area contributed by atoms with Crippen LogP contribution in [0, 0.1) is 5.82 Å². The Bertz CT molecular complexity index is 979. The van der Waals surface area contributed by atoms with Gasteiger partial charge in [0.2, 0.25) is 5.88 Å². The molecule has 1 aromatic heterocycles. The summed E-state index contributed by atoms with van der Waals surface area (Å²) >= 11 is 0. The van der Waals surface area contributed by atoms with Crippen molar-refractivity contribution in [2.45, 2.75) is 19.7 Å². The van der Waals surface area contributed by atoms with Crippen LogP contribution in [0.1, 0.15) is 16.8 Å². The van der Waals surface area contributed by atoms with Crippen molar-refractivity contribution in [3.63, 3.8) is 0 Å². The Labute approximate surface area is 162 Å². The van der Waals surface area contributed by atoms with Gasteiger partial charge in [-0.1, -0.05) is 48.5 Å². The monoisotopic (exact) mass is 378 g/mol. The minimum Gasteiger partial charge on any atom is -0.482 e. The van der Waals surface area contributed by atoms with Gasteiger partial charge in [-0.2, -0.15) is 0 Å². The molecule has 0 saturated heterocycles. The Balaban J connectivity index is 1.51. The van der Waals surface area contributed by atoms with E-state index in [0.29, 0.717) is 29.5 Å². The van der Waals surface area contributed by atoms with Crippen molar-refractivity contribution in [2.24, 2.45) is 0 Å². The molecule has 0 radical (unpaired) electrons. The van der Waals surface area contributed by atoms with Crippen LogP contribution in [0.3, 0.4) is 0 Å². The molecule has 0 atom stereocenters. The van der Waals surface area contributed by atoms with Crippen LogP contribution in [0.2, 0.25) is 0 Å².